The molecule has 1 N–H and O–H groups in total. The van der Waals surface area contributed by atoms with Gasteiger partial charge >= 0.3 is 13.8 Å². The molecule has 0 aromatic rings. The summed E-state index contributed by atoms with van der Waals surface area (Å²) in [4.78, 5) is 22.2. The van der Waals surface area contributed by atoms with Gasteiger partial charge in [0, 0.05) is 13.0 Å². The minimum absolute atomic E-state index is 0.0916. The van der Waals surface area contributed by atoms with Gasteiger partial charge in [-0.2, -0.15) is 0 Å². The Balaban J connectivity index is 3.71. The minimum atomic E-state index is -4.24. The monoisotopic (exact) mass is 707 g/mol. The molecular weight excluding hydrogens is 625 g/mol. The van der Waals surface area contributed by atoms with Crippen LogP contribution in [-0.4, -0.2) is 75.6 Å². The molecule has 9 heteroatoms. The molecule has 48 heavy (non-hydrogen) atoms. The lowest BCUT2D eigenvalue weighted by atomic mass is 10.0. The molecule has 0 aliphatic carbocycles. The molecule has 0 radical (unpaired) electrons. The molecule has 0 bridgehead atoms. The number of ether oxygens (including phenoxy) is 2. The maximum atomic E-state index is 12.3. The lowest BCUT2D eigenvalue weighted by molar-refractivity contribution is -0.870. The predicted octanol–water partition coefficient (Wildman–Crippen LogP) is 11.3. The molecule has 0 aliphatic heterocycles. The van der Waals surface area contributed by atoms with E-state index in [1.165, 1.54) is 141 Å². The third-order valence-corrected chi connectivity index (χ3v) is 9.90. The van der Waals surface area contributed by atoms with Gasteiger partial charge in [-0.05, 0) is 12.8 Å². The molecule has 0 fully saturated rings. The van der Waals surface area contributed by atoms with Gasteiger partial charge in [0.25, 0.3) is 0 Å². The molecule has 0 rings (SSSR count). The summed E-state index contributed by atoms with van der Waals surface area (Å²) in [6.45, 7) is 5.41. The fraction of sp³-hybridized carbons (Fsp3) is 0.974. The number of phosphoric ester groups is 1. The highest BCUT2D eigenvalue weighted by Crippen LogP contribution is 2.43. The predicted molar refractivity (Wildman–Crippen MR) is 201 cm³/mol. The second kappa shape index (κ2) is 33.6. The average Bonchev–Trinajstić information content (AvgIpc) is 3.03. The Kier molecular flexibility index (Phi) is 33.3. The van der Waals surface area contributed by atoms with Crippen LogP contribution in [0.5, 0.6) is 0 Å². The highest BCUT2D eigenvalue weighted by Gasteiger charge is 2.26. The zero-order chi connectivity index (χ0) is 35.6. The molecule has 0 amide bonds. The Hall–Kier alpha value is -0.500. The number of hydrogen-bond donors (Lipinski definition) is 1. The van der Waals surface area contributed by atoms with Crippen LogP contribution in [0.1, 0.15) is 187 Å². The Morgan fingerprint density at radius 2 is 0.958 bits per heavy atom. The molecule has 0 aromatic carbocycles. The van der Waals surface area contributed by atoms with E-state index < -0.39 is 13.9 Å². The minimum Gasteiger partial charge on any atom is -0.457 e. The van der Waals surface area contributed by atoms with Crippen LogP contribution >= 0.6 is 7.82 Å². The van der Waals surface area contributed by atoms with Crippen molar-refractivity contribution in [2.45, 2.75) is 193 Å². The van der Waals surface area contributed by atoms with E-state index in [1.54, 1.807) is 0 Å². The molecule has 0 aliphatic rings. The molecule has 0 saturated heterocycles. The largest absolute Gasteiger partial charge is 0.472 e. The van der Waals surface area contributed by atoms with Crippen LogP contribution in [0.15, 0.2) is 0 Å². The van der Waals surface area contributed by atoms with Crippen LogP contribution in [-0.2, 0) is 27.9 Å². The number of phosphoric acid groups is 1. The number of likely N-dealkylation sites (N-methyl/N-ethyl adjacent to an activating group) is 1. The van der Waals surface area contributed by atoms with Crippen LogP contribution in [0.2, 0.25) is 0 Å². The topological polar surface area (TPSA) is 91.3 Å². The lowest BCUT2D eigenvalue weighted by Crippen LogP contribution is -2.37. The Morgan fingerprint density at radius 3 is 1.35 bits per heavy atom. The van der Waals surface area contributed by atoms with Gasteiger partial charge in [-0.15, -0.1) is 0 Å². The summed E-state index contributed by atoms with van der Waals surface area (Å²) in [7, 11) is 1.67. The van der Waals surface area contributed by atoms with Crippen molar-refractivity contribution in [3.63, 3.8) is 0 Å². The van der Waals surface area contributed by atoms with Crippen molar-refractivity contribution in [1.82, 2.24) is 0 Å². The third-order valence-electron chi connectivity index (χ3n) is 8.92. The molecular formula is C39H81NO7P+. The van der Waals surface area contributed by atoms with E-state index in [0.29, 0.717) is 24.1 Å². The van der Waals surface area contributed by atoms with Gasteiger partial charge in [-0.3, -0.25) is 13.8 Å². The number of carbonyl (C=O) groups is 1. The van der Waals surface area contributed by atoms with Gasteiger partial charge in [-0.1, -0.05) is 168 Å². The van der Waals surface area contributed by atoms with Gasteiger partial charge < -0.3 is 18.9 Å². The van der Waals surface area contributed by atoms with Crippen molar-refractivity contribution in [2.75, 3.05) is 54.1 Å². The number of rotatable bonds is 38. The standard InChI is InChI=1S/C39H80NO7P/c1-6-8-10-11-12-13-14-15-16-17-18-19-20-21-22-23-24-25-26-27-28-29-30-31-34-44-36-38(47-39(41)32-9-7-2)37-46-48(42,43)45-35-33-40(3,4)5/h38H,6-37H2,1-5H3/p+1. The fourth-order valence-corrected chi connectivity index (χ4v) is 6.45. The maximum absolute atomic E-state index is 12.3. The summed E-state index contributed by atoms with van der Waals surface area (Å²) >= 11 is 0. The van der Waals surface area contributed by atoms with E-state index in [4.69, 9.17) is 18.5 Å². The number of esters is 1. The third kappa shape index (κ3) is 36.8. The molecule has 0 aromatic heterocycles. The van der Waals surface area contributed by atoms with Crippen molar-refractivity contribution < 1.29 is 37.3 Å². The van der Waals surface area contributed by atoms with Crippen molar-refractivity contribution in [1.29, 1.82) is 0 Å². The Morgan fingerprint density at radius 1 is 0.562 bits per heavy atom. The van der Waals surface area contributed by atoms with E-state index in [2.05, 4.69) is 6.92 Å². The van der Waals surface area contributed by atoms with Gasteiger partial charge in [-0.25, -0.2) is 4.57 Å². The number of unbranched alkanes of at least 4 members (excludes halogenated alkanes) is 24. The normalized spacial score (nSPS) is 13.9. The first-order chi connectivity index (χ1) is 23.1. The second-order valence-corrected chi connectivity index (χ2v) is 16.5. The number of nitrogens with zero attached hydrogens (tertiary/aromatic N) is 1. The molecule has 0 saturated carbocycles. The summed E-state index contributed by atoms with van der Waals surface area (Å²) in [5.41, 5.74) is 0. The molecule has 2 atom stereocenters. The molecule has 0 spiro atoms. The smallest absolute Gasteiger partial charge is 0.457 e. The maximum Gasteiger partial charge on any atom is 0.472 e. The Labute approximate surface area is 298 Å². The van der Waals surface area contributed by atoms with E-state index in [-0.39, 0.29) is 25.8 Å². The summed E-state index contributed by atoms with van der Waals surface area (Å²) in [5.74, 6) is -0.345. The number of hydrogen-bond acceptors (Lipinski definition) is 6. The van der Waals surface area contributed by atoms with E-state index in [9.17, 15) is 14.3 Å². The highest BCUT2D eigenvalue weighted by atomic mass is 31.2. The van der Waals surface area contributed by atoms with Crippen LogP contribution in [0.25, 0.3) is 0 Å². The highest BCUT2D eigenvalue weighted by molar-refractivity contribution is 7.47. The molecule has 288 valence electrons. The fourth-order valence-electron chi connectivity index (χ4n) is 5.71. The Bertz CT molecular complexity index is 746. The van der Waals surface area contributed by atoms with Crippen LogP contribution in [0.4, 0.5) is 0 Å². The van der Waals surface area contributed by atoms with Crippen molar-refractivity contribution in [3.05, 3.63) is 0 Å². The molecule has 0 heterocycles. The van der Waals surface area contributed by atoms with Crippen LogP contribution in [0, 0.1) is 0 Å². The van der Waals surface area contributed by atoms with Crippen molar-refractivity contribution in [2.24, 2.45) is 0 Å². The second-order valence-electron chi connectivity index (χ2n) is 15.0. The summed E-state index contributed by atoms with van der Waals surface area (Å²) in [6, 6.07) is 0. The average molecular weight is 707 g/mol. The number of quaternary nitrogens is 1. The van der Waals surface area contributed by atoms with Crippen LogP contribution < -0.4 is 0 Å². The van der Waals surface area contributed by atoms with Gasteiger partial charge in [0.15, 0.2) is 0 Å². The van der Waals surface area contributed by atoms with Gasteiger partial charge in [0.05, 0.1) is 34.4 Å². The van der Waals surface area contributed by atoms with E-state index in [1.807, 2.05) is 28.1 Å². The first kappa shape index (κ1) is 47.5. The summed E-state index contributed by atoms with van der Waals surface area (Å²) < 4.78 is 34.4. The van der Waals surface area contributed by atoms with E-state index in [0.717, 1.165) is 25.7 Å². The van der Waals surface area contributed by atoms with Crippen molar-refractivity contribution >= 4 is 13.8 Å². The summed E-state index contributed by atoms with van der Waals surface area (Å²) in [5, 5.41) is 0. The lowest BCUT2D eigenvalue weighted by Gasteiger charge is -2.24. The van der Waals surface area contributed by atoms with E-state index >= 15 is 0 Å². The molecule has 8 nitrogen and oxygen atoms in total. The SMILES string of the molecule is CCCCCCCCCCCCCCCCCCCCCCCCCCOCC(COP(=O)(O)OCC[N+](C)(C)C)OC(=O)CCCC. The van der Waals surface area contributed by atoms with Crippen molar-refractivity contribution in [3.8, 4) is 0 Å². The quantitative estimate of drug-likeness (QED) is 0.0296. The van der Waals surface area contributed by atoms with Gasteiger partial charge in [0.1, 0.15) is 19.3 Å². The first-order valence-corrected chi connectivity index (χ1v) is 21.8. The zero-order valence-corrected chi connectivity index (χ0v) is 33.4. The van der Waals surface area contributed by atoms with Gasteiger partial charge in [0.2, 0.25) is 0 Å². The summed E-state index contributed by atoms with van der Waals surface area (Å²) in [6.07, 6.45) is 34.0. The number of carbonyl (C=O) groups excluding carboxylic acids is 1. The van der Waals surface area contributed by atoms with Crippen LogP contribution in [0.3, 0.4) is 0 Å². The first-order valence-electron chi connectivity index (χ1n) is 20.3. The molecule has 2 unspecified atom stereocenters. The zero-order valence-electron chi connectivity index (χ0n) is 32.5.